The fourth-order valence-electron chi connectivity index (χ4n) is 2.13. The Hall–Kier alpha value is -2.11. The van der Waals surface area contributed by atoms with Gasteiger partial charge in [-0.3, -0.25) is 0 Å². The Labute approximate surface area is 116 Å². The summed E-state index contributed by atoms with van der Waals surface area (Å²) in [5, 5.41) is 12.1. The van der Waals surface area contributed by atoms with Crippen LogP contribution in [-0.4, -0.2) is 26.7 Å². The van der Waals surface area contributed by atoms with Crippen LogP contribution in [0.5, 0.6) is 0 Å². The van der Waals surface area contributed by atoms with E-state index >= 15 is 0 Å². The molecule has 0 aliphatic rings. The van der Waals surface area contributed by atoms with Gasteiger partial charge in [0.05, 0.1) is 5.52 Å². The zero-order valence-electron chi connectivity index (χ0n) is 11.6. The number of nitrogens with one attached hydrogen (secondary N) is 1. The molecule has 108 valence electrons. The molecule has 0 saturated heterocycles. The molecule has 0 aliphatic carbocycles. The van der Waals surface area contributed by atoms with Crippen LogP contribution in [0.3, 0.4) is 0 Å². The van der Waals surface area contributed by atoms with E-state index in [1.54, 1.807) is 23.7 Å². The molecule has 1 aromatic carbocycles. The molecular formula is C14H18FN3O2. The number of carbonyl (C=O) groups is 1. The first kappa shape index (κ1) is 14.3. The Balaban J connectivity index is 2.30. The van der Waals surface area contributed by atoms with Gasteiger partial charge in [-0.2, -0.15) is 0 Å². The maximum Gasteiger partial charge on any atom is 0.326 e. The summed E-state index contributed by atoms with van der Waals surface area (Å²) in [7, 11) is 1.73. The van der Waals surface area contributed by atoms with Crippen molar-refractivity contribution in [2.45, 2.75) is 32.2 Å². The molecule has 0 spiro atoms. The lowest BCUT2D eigenvalue weighted by Crippen LogP contribution is -2.30. The van der Waals surface area contributed by atoms with Gasteiger partial charge >= 0.3 is 5.97 Å². The number of anilines is 1. The Morgan fingerprint density at radius 1 is 1.55 bits per heavy atom. The van der Waals surface area contributed by atoms with E-state index in [4.69, 9.17) is 0 Å². The summed E-state index contributed by atoms with van der Waals surface area (Å²) in [6, 6.07) is 3.98. The second kappa shape index (κ2) is 5.90. The Morgan fingerprint density at radius 3 is 2.90 bits per heavy atom. The summed E-state index contributed by atoms with van der Waals surface area (Å²) in [5.41, 5.74) is 0.879. The average molecular weight is 279 g/mol. The molecule has 2 aromatic rings. The predicted molar refractivity (Wildman–Crippen MR) is 75.2 cm³/mol. The van der Waals surface area contributed by atoms with Gasteiger partial charge in [-0.25, -0.2) is 14.2 Å². The van der Waals surface area contributed by atoms with Crippen LogP contribution >= 0.6 is 0 Å². The average Bonchev–Trinajstić information content (AvgIpc) is 2.73. The van der Waals surface area contributed by atoms with E-state index in [0.717, 1.165) is 12.8 Å². The highest BCUT2D eigenvalue weighted by molar-refractivity contribution is 5.81. The molecule has 20 heavy (non-hydrogen) atoms. The normalized spacial score (nSPS) is 12.6. The van der Waals surface area contributed by atoms with Crippen LogP contribution in [0.25, 0.3) is 11.0 Å². The number of hydrogen-bond acceptors (Lipinski definition) is 3. The van der Waals surface area contributed by atoms with Gasteiger partial charge in [0.25, 0.3) is 0 Å². The van der Waals surface area contributed by atoms with E-state index < -0.39 is 17.8 Å². The Kier molecular flexibility index (Phi) is 4.22. The van der Waals surface area contributed by atoms with Crippen molar-refractivity contribution in [2.75, 3.05) is 5.32 Å². The van der Waals surface area contributed by atoms with E-state index in [9.17, 15) is 14.3 Å². The number of para-hydroxylation sites is 1. The first-order chi connectivity index (χ1) is 9.54. The quantitative estimate of drug-likeness (QED) is 0.853. The number of fused-ring (bicyclic) bond motifs is 1. The van der Waals surface area contributed by atoms with Crippen molar-refractivity contribution in [1.29, 1.82) is 0 Å². The molecule has 1 atom stereocenters. The molecule has 0 aliphatic heterocycles. The van der Waals surface area contributed by atoms with Crippen molar-refractivity contribution in [3.05, 3.63) is 24.0 Å². The van der Waals surface area contributed by atoms with Crippen LogP contribution in [0.1, 0.15) is 26.2 Å². The number of rotatable bonds is 6. The summed E-state index contributed by atoms with van der Waals surface area (Å²) < 4.78 is 15.3. The van der Waals surface area contributed by atoms with Crippen molar-refractivity contribution >= 4 is 23.0 Å². The second-order valence-corrected chi connectivity index (χ2v) is 4.78. The number of carboxylic acid groups (broad SMARTS) is 1. The Morgan fingerprint density at radius 2 is 2.30 bits per heavy atom. The molecule has 2 rings (SSSR count). The lowest BCUT2D eigenvalue weighted by molar-refractivity contribution is -0.138. The van der Waals surface area contributed by atoms with E-state index in [1.165, 1.54) is 6.07 Å². The highest BCUT2D eigenvalue weighted by Crippen LogP contribution is 2.21. The number of benzene rings is 1. The first-order valence-corrected chi connectivity index (χ1v) is 6.65. The maximum atomic E-state index is 13.7. The van der Waals surface area contributed by atoms with Crippen LogP contribution in [0.15, 0.2) is 18.2 Å². The number of hydrogen-bond donors (Lipinski definition) is 2. The molecular weight excluding hydrogens is 261 g/mol. The number of imidazole rings is 1. The number of carboxylic acids is 1. The molecule has 1 unspecified atom stereocenters. The minimum atomic E-state index is -0.925. The van der Waals surface area contributed by atoms with Gasteiger partial charge in [-0.05, 0) is 18.6 Å². The molecule has 0 radical (unpaired) electrons. The lowest BCUT2D eigenvalue weighted by Gasteiger charge is -2.14. The molecule has 0 fully saturated rings. The van der Waals surface area contributed by atoms with E-state index in [1.807, 2.05) is 6.92 Å². The number of unbranched alkanes of at least 4 members (excludes halogenated alkanes) is 1. The Bertz CT molecular complexity index is 624. The summed E-state index contributed by atoms with van der Waals surface area (Å²) in [6.45, 7) is 2.00. The second-order valence-electron chi connectivity index (χ2n) is 4.78. The molecule has 0 amide bonds. The van der Waals surface area contributed by atoms with Crippen LogP contribution in [0.4, 0.5) is 10.3 Å². The summed E-state index contributed by atoms with van der Waals surface area (Å²) in [5.74, 6) is -0.967. The van der Waals surface area contributed by atoms with Gasteiger partial charge < -0.3 is 15.0 Å². The highest BCUT2D eigenvalue weighted by atomic mass is 19.1. The van der Waals surface area contributed by atoms with Crippen molar-refractivity contribution in [1.82, 2.24) is 9.55 Å². The van der Waals surface area contributed by atoms with Crippen LogP contribution in [-0.2, 0) is 11.8 Å². The van der Waals surface area contributed by atoms with E-state index in [0.29, 0.717) is 17.9 Å². The zero-order chi connectivity index (χ0) is 14.7. The van der Waals surface area contributed by atoms with Crippen molar-refractivity contribution in [3.63, 3.8) is 0 Å². The van der Waals surface area contributed by atoms with Crippen LogP contribution in [0, 0.1) is 5.82 Å². The van der Waals surface area contributed by atoms with E-state index in [2.05, 4.69) is 10.3 Å². The predicted octanol–water partition coefficient (Wildman–Crippen LogP) is 2.77. The molecule has 5 nitrogen and oxygen atoms in total. The number of aryl methyl sites for hydroxylation is 1. The summed E-state index contributed by atoms with van der Waals surface area (Å²) in [6.07, 6.45) is 2.24. The maximum absolute atomic E-state index is 13.7. The van der Waals surface area contributed by atoms with Crippen molar-refractivity contribution in [2.24, 2.45) is 7.05 Å². The smallest absolute Gasteiger partial charge is 0.326 e. The van der Waals surface area contributed by atoms with E-state index in [-0.39, 0.29) is 5.52 Å². The number of aromatic nitrogens is 2. The van der Waals surface area contributed by atoms with Gasteiger partial charge in [0.2, 0.25) is 5.95 Å². The zero-order valence-corrected chi connectivity index (χ0v) is 11.6. The fraction of sp³-hybridized carbons (Fsp3) is 0.429. The van der Waals surface area contributed by atoms with Crippen LogP contribution in [0.2, 0.25) is 0 Å². The third-order valence-electron chi connectivity index (χ3n) is 3.31. The standard InChI is InChI=1S/C14H18FN3O2/c1-3-4-7-10(13(19)20)16-14-17-12-9(15)6-5-8-11(12)18(14)2/h5-6,8,10H,3-4,7H2,1-2H3,(H,16,17)(H,19,20). The SMILES string of the molecule is CCCCC(Nc1nc2c(F)cccc2n1C)C(=O)O. The fourth-order valence-corrected chi connectivity index (χ4v) is 2.13. The summed E-state index contributed by atoms with van der Waals surface area (Å²) in [4.78, 5) is 15.4. The largest absolute Gasteiger partial charge is 0.480 e. The lowest BCUT2D eigenvalue weighted by atomic mass is 10.1. The van der Waals surface area contributed by atoms with Gasteiger partial charge in [-0.15, -0.1) is 0 Å². The molecule has 0 bridgehead atoms. The van der Waals surface area contributed by atoms with Crippen molar-refractivity contribution < 1.29 is 14.3 Å². The third kappa shape index (κ3) is 2.74. The number of nitrogens with zero attached hydrogens (tertiary/aromatic N) is 2. The number of halogens is 1. The monoisotopic (exact) mass is 279 g/mol. The molecule has 2 N–H and O–H groups in total. The minimum absolute atomic E-state index is 0.247. The highest BCUT2D eigenvalue weighted by Gasteiger charge is 2.20. The van der Waals surface area contributed by atoms with Gasteiger partial charge in [-0.1, -0.05) is 25.8 Å². The van der Waals surface area contributed by atoms with Gasteiger partial charge in [0, 0.05) is 7.05 Å². The third-order valence-corrected chi connectivity index (χ3v) is 3.31. The molecule has 1 aromatic heterocycles. The summed E-state index contributed by atoms with van der Waals surface area (Å²) >= 11 is 0. The van der Waals surface area contributed by atoms with Gasteiger partial charge in [0.15, 0.2) is 5.82 Å². The van der Waals surface area contributed by atoms with Crippen molar-refractivity contribution in [3.8, 4) is 0 Å². The molecule has 1 heterocycles. The molecule has 6 heteroatoms. The number of aliphatic carboxylic acids is 1. The minimum Gasteiger partial charge on any atom is -0.480 e. The molecule has 0 saturated carbocycles. The first-order valence-electron chi connectivity index (χ1n) is 6.65. The van der Waals surface area contributed by atoms with Gasteiger partial charge in [0.1, 0.15) is 11.6 Å². The topological polar surface area (TPSA) is 67.2 Å². The van der Waals surface area contributed by atoms with Crippen LogP contribution < -0.4 is 5.32 Å².